The Morgan fingerprint density at radius 1 is 0.473 bits per heavy atom. The highest BCUT2D eigenvalue weighted by atomic mass is 15.0. The van der Waals surface area contributed by atoms with Crippen molar-refractivity contribution in [1.82, 2.24) is 24.9 Å². The van der Waals surface area contributed by atoms with Crippen LogP contribution >= 0.6 is 0 Å². The summed E-state index contributed by atoms with van der Waals surface area (Å²) in [4.78, 5) is 23.0. The average Bonchev–Trinajstić information content (AvgIpc) is 3.27. The number of hydrogen-bond donors (Lipinski definition) is 0. The Bertz CT molecular complexity index is 2740. The van der Waals surface area contributed by atoms with E-state index in [1.54, 1.807) is 24.8 Å². The van der Waals surface area contributed by atoms with Crippen LogP contribution in [0.1, 0.15) is 18.9 Å². The molecule has 2 aliphatic carbocycles. The number of aromatic nitrogens is 5. The van der Waals surface area contributed by atoms with Gasteiger partial charge in [-0.1, -0.05) is 128 Å². The Labute approximate surface area is 320 Å². The van der Waals surface area contributed by atoms with Crippen molar-refractivity contribution in [2.75, 3.05) is 0 Å². The van der Waals surface area contributed by atoms with Crippen molar-refractivity contribution in [2.24, 2.45) is 5.92 Å². The Morgan fingerprint density at radius 2 is 0.982 bits per heavy atom. The van der Waals surface area contributed by atoms with Gasteiger partial charge in [-0.05, 0) is 110 Å². The molecule has 55 heavy (non-hydrogen) atoms. The quantitative estimate of drug-likeness (QED) is 0.172. The van der Waals surface area contributed by atoms with Crippen LogP contribution in [0.5, 0.6) is 0 Å². The molecule has 9 rings (SSSR count). The molecule has 3 heterocycles. The molecule has 0 bridgehead atoms. The molecule has 0 aliphatic heterocycles. The van der Waals surface area contributed by atoms with Gasteiger partial charge in [-0.25, -0.2) is 15.0 Å². The number of allylic oxidation sites excluding steroid dienone is 8. The van der Waals surface area contributed by atoms with Gasteiger partial charge in [-0.15, -0.1) is 0 Å². The van der Waals surface area contributed by atoms with Gasteiger partial charge >= 0.3 is 0 Å². The maximum absolute atomic E-state index is 4.92. The lowest BCUT2D eigenvalue weighted by Gasteiger charge is -2.15. The number of hydrogen-bond acceptors (Lipinski definition) is 5. The number of nitrogens with zero attached hydrogens (tertiary/aromatic N) is 5. The van der Waals surface area contributed by atoms with Crippen molar-refractivity contribution < 1.29 is 0 Å². The molecule has 0 saturated heterocycles. The Kier molecular flexibility index (Phi) is 9.25. The molecule has 0 fully saturated rings. The SMILES string of the molecule is CC1C=CC=C/C1=c1\cccc\c1=C1/C=C(c2cccc(-c3cccc(-c4cccc(-c5nc(-c6ccncc6)nc(-c6ccncc6)n5)c4)c3)c2)C=CC1. The summed E-state index contributed by atoms with van der Waals surface area (Å²) in [7, 11) is 0. The topological polar surface area (TPSA) is 64.5 Å². The molecule has 5 nitrogen and oxygen atoms in total. The van der Waals surface area contributed by atoms with Crippen LogP contribution in [0.4, 0.5) is 0 Å². The van der Waals surface area contributed by atoms with Gasteiger partial charge in [0, 0.05) is 41.5 Å². The third-order valence-electron chi connectivity index (χ3n) is 10.2. The molecule has 7 aromatic rings. The first-order valence-electron chi connectivity index (χ1n) is 18.6. The number of rotatable bonds is 6. The smallest absolute Gasteiger partial charge is 0.164 e. The Hall–Kier alpha value is -7.11. The zero-order chi connectivity index (χ0) is 37.0. The van der Waals surface area contributed by atoms with Crippen LogP contribution in [0.2, 0.25) is 0 Å². The van der Waals surface area contributed by atoms with E-state index in [9.17, 15) is 0 Å². The maximum atomic E-state index is 4.92. The van der Waals surface area contributed by atoms with Crippen LogP contribution in [0.25, 0.3) is 73.1 Å². The first-order chi connectivity index (χ1) is 27.2. The van der Waals surface area contributed by atoms with E-state index in [-0.39, 0.29) is 0 Å². The third kappa shape index (κ3) is 7.16. The highest BCUT2D eigenvalue weighted by Crippen LogP contribution is 2.33. The molecule has 2 aliphatic rings. The summed E-state index contributed by atoms with van der Waals surface area (Å²) >= 11 is 0. The molecular formula is C50H37N5. The minimum atomic E-state index is 0.379. The highest BCUT2D eigenvalue weighted by molar-refractivity contribution is 5.87. The van der Waals surface area contributed by atoms with E-state index in [1.807, 2.05) is 24.3 Å². The van der Waals surface area contributed by atoms with Crippen LogP contribution in [0.15, 0.2) is 189 Å². The van der Waals surface area contributed by atoms with Gasteiger partial charge in [0.25, 0.3) is 0 Å². The number of pyridine rings is 2. The largest absolute Gasteiger partial charge is 0.265 e. The van der Waals surface area contributed by atoms with E-state index >= 15 is 0 Å². The molecular weight excluding hydrogens is 671 g/mol. The third-order valence-corrected chi connectivity index (χ3v) is 10.2. The van der Waals surface area contributed by atoms with Crippen molar-refractivity contribution in [2.45, 2.75) is 13.3 Å². The van der Waals surface area contributed by atoms with Gasteiger partial charge in [0.2, 0.25) is 0 Å². The lowest BCUT2D eigenvalue weighted by Crippen LogP contribution is -2.30. The van der Waals surface area contributed by atoms with Crippen LogP contribution in [-0.2, 0) is 0 Å². The van der Waals surface area contributed by atoms with Crippen LogP contribution in [0.3, 0.4) is 0 Å². The lowest BCUT2D eigenvalue weighted by atomic mass is 9.90. The van der Waals surface area contributed by atoms with E-state index in [1.165, 1.54) is 38.3 Å². The maximum Gasteiger partial charge on any atom is 0.164 e. The highest BCUT2D eigenvalue weighted by Gasteiger charge is 2.14. The van der Waals surface area contributed by atoms with Gasteiger partial charge in [0.05, 0.1) is 0 Å². The monoisotopic (exact) mass is 707 g/mol. The molecule has 1 atom stereocenters. The first-order valence-corrected chi connectivity index (χ1v) is 18.6. The molecule has 5 heteroatoms. The minimum Gasteiger partial charge on any atom is -0.265 e. The standard InChI is InChI=1S/C50H37N5/c1-34-10-2-3-19-45(34)47-21-5-4-20-46(47)43-17-8-15-41(32-43)39-13-6-11-37(30-39)38-12-7-14-40(31-38)42-16-9-18-44(33-42)50-54-48(35-22-26-51-27-23-35)53-49(55-50)36-24-28-52-29-25-36/h2-16,18-34H,17H2,1H3/b46-43+,47-45-. The molecule has 0 N–H and O–H groups in total. The first kappa shape index (κ1) is 33.7. The molecule has 0 amide bonds. The molecule has 3 aromatic heterocycles. The van der Waals surface area contributed by atoms with Crippen molar-refractivity contribution in [3.8, 4) is 56.4 Å². The van der Waals surface area contributed by atoms with Crippen LogP contribution in [-0.4, -0.2) is 24.9 Å². The van der Waals surface area contributed by atoms with E-state index in [4.69, 9.17) is 15.0 Å². The molecule has 4 aromatic carbocycles. The normalized spacial score (nSPS) is 16.9. The van der Waals surface area contributed by atoms with Gasteiger partial charge in [0.15, 0.2) is 17.5 Å². The summed E-state index contributed by atoms with van der Waals surface area (Å²) in [5.74, 6) is 2.17. The second-order valence-corrected chi connectivity index (χ2v) is 13.8. The van der Waals surface area contributed by atoms with E-state index in [0.29, 0.717) is 23.4 Å². The van der Waals surface area contributed by atoms with Crippen LogP contribution in [0, 0.1) is 5.92 Å². The fraction of sp³-hybridized carbons (Fsp3) is 0.0600. The predicted octanol–water partition coefficient (Wildman–Crippen LogP) is 10.1. The van der Waals surface area contributed by atoms with E-state index < -0.39 is 0 Å². The Morgan fingerprint density at radius 3 is 1.58 bits per heavy atom. The van der Waals surface area contributed by atoms with Gasteiger partial charge < -0.3 is 0 Å². The van der Waals surface area contributed by atoms with Gasteiger partial charge in [-0.2, -0.15) is 0 Å². The fourth-order valence-electron chi connectivity index (χ4n) is 7.33. The summed E-state index contributed by atoms with van der Waals surface area (Å²) in [6.45, 7) is 2.27. The summed E-state index contributed by atoms with van der Waals surface area (Å²) < 4.78 is 0. The minimum absolute atomic E-state index is 0.379. The van der Waals surface area contributed by atoms with Gasteiger partial charge in [-0.3, -0.25) is 9.97 Å². The fourth-order valence-corrected chi connectivity index (χ4v) is 7.33. The second-order valence-electron chi connectivity index (χ2n) is 13.8. The molecule has 0 saturated carbocycles. The van der Waals surface area contributed by atoms with Crippen molar-refractivity contribution in [1.29, 1.82) is 0 Å². The molecule has 0 radical (unpaired) electrons. The number of benzene rings is 4. The predicted molar refractivity (Wildman–Crippen MR) is 224 cm³/mol. The van der Waals surface area contributed by atoms with Crippen molar-refractivity contribution >= 4 is 16.7 Å². The summed E-state index contributed by atoms with van der Waals surface area (Å²) in [5, 5.41) is 2.61. The van der Waals surface area contributed by atoms with Crippen molar-refractivity contribution in [3.05, 3.63) is 205 Å². The lowest BCUT2D eigenvalue weighted by molar-refractivity contribution is 0.956. The van der Waals surface area contributed by atoms with E-state index in [2.05, 4.69) is 156 Å². The Balaban J connectivity index is 1.06. The zero-order valence-corrected chi connectivity index (χ0v) is 30.4. The van der Waals surface area contributed by atoms with Crippen LogP contribution < -0.4 is 10.4 Å². The molecule has 1 unspecified atom stereocenters. The summed E-state index contributed by atoms with van der Waals surface area (Å²) in [5.41, 5.74) is 12.3. The van der Waals surface area contributed by atoms with E-state index in [0.717, 1.165) is 39.8 Å². The van der Waals surface area contributed by atoms with Gasteiger partial charge in [0.1, 0.15) is 0 Å². The summed E-state index contributed by atoms with van der Waals surface area (Å²) in [6, 6.07) is 42.5. The zero-order valence-electron chi connectivity index (χ0n) is 30.4. The molecule has 0 spiro atoms. The summed E-state index contributed by atoms with van der Waals surface area (Å²) in [6.07, 6.45) is 23.6. The average molecular weight is 708 g/mol. The molecule has 262 valence electrons. The second kappa shape index (κ2) is 15.1. The van der Waals surface area contributed by atoms with Crippen molar-refractivity contribution in [3.63, 3.8) is 0 Å².